The van der Waals surface area contributed by atoms with E-state index in [9.17, 15) is 14.4 Å². The van der Waals surface area contributed by atoms with Crippen LogP contribution in [0.4, 0.5) is 0 Å². The first-order chi connectivity index (χ1) is 16.1. The predicted octanol–water partition coefficient (Wildman–Crippen LogP) is -1.02. The maximum atomic E-state index is 13.0. The molecule has 12 heteroatoms. The summed E-state index contributed by atoms with van der Waals surface area (Å²) >= 11 is 9.17. The lowest BCUT2D eigenvalue weighted by Gasteiger charge is -2.32. The maximum Gasteiger partial charge on any atom is 0.243 e. The van der Waals surface area contributed by atoms with Crippen LogP contribution in [-0.4, -0.2) is 91.0 Å². The number of rotatable bonds is 13. The van der Waals surface area contributed by atoms with E-state index in [-0.39, 0.29) is 40.8 Å². The predicted molar refractivity (Wildman–Crippen MR) is 143 cm³/mol. The van der Waals surface area contributed by atoms with Gasteiger partial charge in [0.1, 0.15) is 6.04 Å². The van der Waals surface area contributed by atoms with E-state index in [0.29, 0.717) is 32.5 Å². The molecule has 0 aromatic rings. The van der Waals surface area contributed by atoms with Crippen molar-refractivity contribution in [3.8, 4) is 0 Å². The Morgan fingerprint density at radius 3 is 2.44 bits per heavy atom. The highest BCUT2D eigenvalue weighted by Gasteiger charge is 2.32. The molecule has 1 saturated carbocycles. The number of nitrogens with one attached hydrogen (secondary N) is 3. The zero-order chi connectivity index (χ0) is 25.7. The van der Waals surface area contributed by atoms with Gasteiger partial charge in [-0.15, -0.1) is 0 Å². The molecule has 6 atom stereocenters. The Hall–Kier alpha value is -1.05. The van der Waals surface area contributed by atoms with Gasteiger partial charge in [0.15, 0.2) is 0 Å². The first-order valence-electron chi connectivity index (χ1n) is 12.2. The molecule has 0 heterocycles. The Bertz CT molecular complexity index is 644. The first kappa shape index (κ1) is 31.0. The minimum atomic E-state index is -0.966. The molecule has 1 aliphatic carbocycles. The zero-order valence-corrected chi connectivity index (χ0v) is 22.3. The van der Waals surface area contributed by atoms with Crippen molar-refractivity contribution in [2.75, 3.05) is 33.7 Å². The molecule has 34 heavy (non-hydrogen) atoms. The molecule has 4 unspecified atom stereocenters. The number of nitrogens with two attached hydrogens (primary N) is 3. The minimum Gasteiger partial charge on any atom is -0.353 e. The molecule has 0 spiro atoms. The number of hydrogen-bond donors (Lipinski definition) is 8. The third-order valence-electron chi connectivity index (χ3n) is 6.21. The summed E-state index contributed by atoms with van der Waals surface area (Å²) in [6.07, 6.45) is 4.68. The van der Waals surface area contributed by atoms with E-state index >= 15 is 0 Å². The molecule has 1 aliphatic rings. The number of thiol groups is 2. The minimum absolute atomic E-state index is 0.0980. The van der Waals surface area contributed by atoms with Crippen molar-refractivity contribution in [3.05, 3.63) is 0 Å². The average molecular weight is 520 g/mol. The molecular weight excluding hydrogens is 474 g/mol. The van der Waals surface area contributed by atoms with E-state index < -0.39 is 18.0 Å². The van der Waals surface area contributed by atoms with Crippen LogP contribution in [0, 0.1) is 0 Å². The molecule has 0 bridgehead atoms. The molecule has 3 amide bonds. The number of nitrogens with zero attached hydrogens (tertiary/aromatic N) is 1. The van der Waals surface area contributed by atoms with E-state index in [1.807, 2.05) is 0 Å². The van der Waals surface area contributed by atoms with Crippen LogP contribution in [0.1, 0.15) is 51.4 Å². The number of unbranched alkanes of at least 4 members (excludes halogenated alkanes) is 1. The lowest BCUT2D eigenvalue weighted by atomic mass is 9.92. The molecule has 0 aliphatic heterocycles. The standard InChI is InChI=1S/C22H45N7O3S2/c1-26-9-10-27-21(31)17(29(2)22(32)16(25)5-3-4-8-23)13-20(30)28-15-6-7-18(33)19(34)12-14(24)11-15/h14-19,26,33-34H,3-13,23-25H2,1-2H3,(H,27,31)(H,28,30)/t14?,15?,16-,17-,18?,19?/m0/s1. The maximum absolute atomic E-state index is 13.0. The smallest absolute Gasteiger partial charge is 0.243 e. The van der Waals surface area contributed by atoms with Crippen molar-refractivity contribution >= 4 is 43.0 Å². The highest BCUT2D eigenvalue weighted by Crippen LogP contribution is 2.25. The molecule has 0 radical (unpaired) electrons. The van der Waals surface area contributed by atoms with Gasteiger partial charge in [0, 0.05) is 42.7 Å². The van der Waals surface area contributed by atoms with E-state index in [1.54, 1.807) is 7.05 Å². The summed E-state index contributed by atoms with van der Waals surface area (Å²) in [6.45, 7) is 1.47. The monoisotopic (exact) mass is 519 g/mol. The lowest BCUT2D eigenvalue weighted by Crippen LogP contribution is -2.55. The third kappa shape index (κ3) is 11.1. The molecule has 0 aromatic heterocycles. The van der Waals surface area contributed by atoms with Crippen molar-refractivity contribution in [1.82, 2.24) is 20.9 Å². The second kappa shape index (κ2) is 16.6. The number of amides is 3. The van der Waals surface area contributed by atoms with Crippen molar-refractivity contribution in [1.29, 1.82) is 0 Å². The van der Waals surface area contributed by atoms with E-state index in [2.05, 4.69) is 41.2 Å². The summed E-state index contributed by atoms with van der Waals surface area (Å²) in [6, 6.07) is -1.94. The highest BCUT2D eigenvalue weighted by atomic mass is 32.1. The van der Waals surface area contributed by atoms with Gasteiger partial charge in [0.2, 0.25) is 17.7 Å². The van der Waals surface area contributed by atoms with Gasteiger partial charge in [0.25, 0.3) is 0 Å². The van der Waals surface area contributed by atoms with Crippen molar-refractivity contribution in [2.24, 2.45) is 17.2 Å². The van der Waals surface area contributed by atoms with Crippen LogP contribution in [0.2, 0.25) is 0 Å². The van der Waals surface area contributed by atoms with Gasteiger partial charge < -0.3 is 38.1 Å². The van der Waals surface area contributed by atoms with Gasteiger partial charge in [-0.2, -0.15) is 25.3 Å². The fraction of sp³-hybridized carbons (Fsp3) is 0.864. The van der Waals surface area contributed by atoms with E-state index in [0.717, 1.165) is 32.1 Å². The van der Waals surface area contributed by atoms with Crippen LogP contribution in [0.3, 0.4) is 0 Å². The summed E-state index contributed by atoms with van der Waals surface area (Å²) in [7, 11) is 3.29. The van der Waals surface area contributed by atoms with Crippen LogP contribution in [-0.2, 0) is 14.4 Å². The second-order valence-electron chi connectivity index (χ2n) is 9.16. The quantitative estimate of drug-likeness (QED) is 0.114. The molecule has 9 N–H and O–H groups in total. The molecule has 1 rings (SSSR count). The number of likely N-dealkylation sites (N-methyl/N-ethyl adjacent to an activating group) is 2. The summed E-state index contributed by atoms with van der Waals surface area (Å²) < 4.78 is 0. The Morgan fingerprint density at radius 1 is 1.09 bits per heavy atom. The molecule has 10 nitrogen and oxygen atoms in total. The van der Waals surface area contributed by atoms with Crippen molar-refractivity contribution in [2.45, 2.75) is 86.0 Å². The van der Waals surface area contributed by atoms with Crippen LogP contribution >= 0.6 is 25.3 Å². The van der Waals surface area contributed by atoms with Crippen LogP contribution in [0.15, 0.2) is 0 Å². The highest BCUT2D eigenvalue weighted by molar-refractivity contribution is 7.85. The first-order valence-corrected chi connectivity index (χ1v) is 13.2. The molecular formula is C22H45N7O3S2. The second-order valence-corrected chi connectivity index (χ2v) is 10.5. The summed E-state index contributed by atoms with van der Waals surface area (Å²) in [5.74, 6) is -1.07. The Kier molecular flexibility index (Phi) is 15.1. The van der Waals surface area contributed by atoms with Crippen LogP contribution in [0.5, 0.6) is 0 Å². The summed E-state index contributed by atoms with van der Waals surface area (Å²) in [4.78, 5) is 40.0. The topological polar surface area (TPSA) is 169 Å². The van der Waals surface area contributed by atoms with Crippen LogP contribution in [0.25, 0.3) is 0 Å². The molecule has 0 saturated heterocycles. The van der Waals surface area contributed by atoms with Gasteiger partial charge in [-0.1, -0.05) is 6.42 Å². The molecule has 1 fully saturated rings. The Morgan fingerprint density at radius 2 is 1.79 bits per heavy atom. The number of carbonyl (C=O) groups is 3. The van der Waals surface area contributed by atoms with Gasteiger partial charge in [-0.25, -0.2) is 0 Å². The lowest BCUT2D eigenvalue weighted by molar-refractivity contribution is -0.142. The SMILES string of the molecule is CNCCNC(=O)[C@H](CC(=O)NC1CCC(S)C(S)CC(N)C1)N(C)C(=O)[C@@H](N)CCCCN. The van der Waals surface area contributed by atoms with E-state index in [4.69, 9.17) is 17.2 Å². The average Bonchev–Trinajstić information content (AvgIpc) is 2.79. The van der Waals surface area contributed by atoms with Gasteiger partial charge in [-0.3, -0.25) is 14.4 Å². The molecule has 0 aromatic carbocycles. The number of hydrogen-bond acceptors (Lipinski definition) is 9. The summed E-state index contributed by atoms with van der Waals surface area (Å²) in [5.41, 5.74) is 17.8. The number of carbonyl (C=O) groups excluding carboxylic acids is 3. The van der Waals surface area contributed by atoms with Crippen molar-refractivity contribution < 1.29 is 14.4 Å². The van der Waals surface area contributed by atoms with E-state index in [1.165, 1.54) is 11.9 Å². The summed E-state index contributed by atoms with van der Waals surface area (Å²) in [5, 5.41) is 8.97. The Balaban J connectivity index is 2.84. The van der Waals surface area contributed by atoms with Crippen LogP contribution < -0.4 is 33.2 Å². The largest absolute Gasteiger partial charge is 0.353 e. The van der Waals surface area contributed by atoms with Crippen molar-refractivity contribution in [3.63, 3.8) is 0 Å². The van der Waals surface area contributed by atoms with Gasteiger partial charge in [0.05, 0.1) is 12.5 Å². The fourth-order valence-corrected chi connectivity index (χ4v) is 4.78. The molecule has 198 valence electrons. The normalized spacial score (nSPS) is 24.9. The van der Waals surface area contributed by atoms with Gasteiger partial charge >= 0.3 is 0 Å². The zero-order valence-electron chi connectivity index (χ0n) is 20.5. The van der Waals surface area contributed by atoms with Gasteiger partial charge in [-0.05, 0) is 52.1 Å². The Labute approximate surface area is 215 Å². The fourth-order valence-electron chi connectivity index (χ4n) is 4.09. The third-order valence-corrected chi connectivity index (χ3v) is 7.63.